The second kappa shape index (κ2) is 6.23. The van der Waals surface area contributed by atoms with Crippen LogP contribution in [0.4, 0.5) is 5.69 Å². The van der Waals surface area contributed by atoms with Crippen molar-refractivity contribution < 1.29 is 4.79 Å². The van der Waals surface area contributed by atoms with Crippen LogP contribution in [0.1, 0.15) is 12.0 Å². The van der Waals surface area contributed by atoms with Gasteiger partial charge in [0.1, 0.15) is 0 Å². The molecule has 1 amide bonds. The van der Waals surface area contributed by atoms with E-state index >= 15 is 0 Å². The van der Waals surface area contributed by atoms with Crippen molar-refractivity contribution in [2.75, 3.05) is 5.32 Å². The van der Waals surface area contributed by atoms with Gasteiger partial charge < -0.3 is 5.32 Å². The first-order valence-electron chi connectivity index (χ1n) is 7.14. The molecule has 104 valence electrons. The first kappa shape index (κ1) is 13.4. The van der Waals surface area contributed by atoms with E-state index in [1.54, 1.807) is 0 Å². The number of hydrogen-bond acceptors (Lipinski definition) is 1. The van der Waals surface area contributed by atoms with Gasteiger partial charge in [-0.1, -0.05) is 60.7 Å². The van der Waals surface area contributed by atoms with E-state index < -0.39 is 0 Å². The van der Waals surface area contributed by atoms with Crippen LogP contribution in [0.25, 0.3) is 10.8 Å². The van der Waals surface area contributed by atoms with Gasteiger partial charge in [0.2, 0.25) is 5.91 Å². The summed E-state index contributed by atoms with van der Waals surface area (Å²) in [6.07, 6.45) is 1.26. The molecule has 2 nitrogen and oxygen atoms in total. The van der Waals surface area contributed by atoms with Crippen LogP contribution in [-0.2, 0) is 11.2 Å². The Kier molecular flexibility index (Phi) is 3.97. The van der Waals surface area contributed by atoms with Gasteiger partial charge in [0.25, 0.3) is 0 Å². The number of amides is 1. The molecule has 0 bridgehead atoms. The van der Waals surface area contributed by atoms with Gasteiger partial charge in [-0.25, -0.2) is 0 Å². The van der Waals surface area contributed by atoms with Gasteiger partial charge in [-0.05, 0) is 34.9 Å². The van der Waals surface area contributed by atoms with Crippen molar-refractivity contribution in [3.05, 3.63) is 78.4 Å². The van der Waals surface area contributed by atoms with E-state index in [-0.39, 0.29) is 5.91 Å². The van der Waals surface area contributed by atoms with Gasteiger partial charge in [-0.2, -0.15) is 0 Å². The molecule has 3 aromatic carbocycles. The van der Waals surface area contributed by atoms with Gasteiger partial charge in [-0.3, -0.25) is 4.79 Å². The van der Waals surface area contributed by atoms with Crippen molar-refractivity contribution >= 4 is 22.4 Å². The summed E-state index contributed by atoms with van der Waals surface area (Å²) in [5, 5.41) is 5.28. The molecule has 1 N–H and O–H groups in total. The smallest absolute Gasteiger partial charge is 0.224 e. The quantitative estimate of drug-likeness (QED) is 0.750. The molecule has 0 saturated heterocycles. The molecule has 0 aliphatic rings. The maximum atomic E-state index is 12.0. The molecule has 0 fully saturated rings. The Morgan fingerprint density at radius 1 is 0.810 bits per heavy atom. The number of benzene rings is 3. The lowest BCUT2D eigenvalue weighted by Crippen LogP contribution is -2.12. The number of anilines is 1. The summed E-state index contributed by atoms with van der Waals surface area (Å²) < 4.78 is 0. The number of carbonyl (C=O) groups is 1. The summed E-state index contributed by atoms with van der Waals surface area (Å²) in [5.74, 6) is 0.0501. The van der Waals surface area contributed by atoms with Crippen molar-refractivity contribution in [3.63, 3.8) is 0 Å². The molecular formula is C19H17NO. The van der Waals surface area contributed by atoms with Crippen LogP contribution >= 0.6 is 0 Å². The average molecular weight is 275 g/mol. The summed E-state index contributed by atoms with van der Waals surface area (Å²) in [6, 6.07) is 24.2. The zero-order valence-corrected chi connectivity index (χ0v) is 11.8. The minimum atomic E-state index is 0.0501. The molecule has 3 rings (SSSR count). The molecule has 21 heavy (non-hydrogen) atoms. The Bertz CT molecular complexity index is 750. The van der Waals surface area contributed by atoms with Crippen molar-refractivity contribution in [2.24, 2.45) is 0 Å². The van der Waals surface area contributed by atoms with E-state index in [4.69, 9.17) is 0 Å². The van der Waals surface area contributed by atoms with Crippen LogP contribution in [0.5, 0.6) is 0 Å². The van der Waals surface area contributed by atoms with Gasteiger partial charge >= 0.3 is 0 Å². The number of rotatable bonds is 4. The molecule has 0 aliphatic heterocycles. The van der Waals surface area contributed by atoms with Gasteiger partial charge in [-0.15, -0.1) is 0 Å². The zero-order chi connectivity index (χ0) is 14.5. The maximum absolute atomic E-state index is 12.0. The molecule has 0 atom stereocenters. The lowest BCUT2D eigenvalue weighted by molar-refractivity contribution is -0.116. The summed E-state index contributed by atoms with van der Waals surface area (Å²) in [7, 11) is 0. The maximum Gasteiger partial charge on any atom is 0.224 e. The Balaban J connectivity index is 1.63. The standard InChI is InChI=1S/C19H17NO/c21-19(13-10-15-6-2-1-3-7-15)20-18-12-11-16-8-4-5-9-17(16)14-18/h1-9,11-12,14H,10,13H2,(H,20,21). The average Bonchev–Trinajstić information content (AvgIpc) is 2.54. The zero-order valence-electron chi connectivity index (χ0n) is 11.8. The van der Waals surface area contributed by atoms with Crippen LogP contribution in [0.2, 0.25) is 0 Å². The van der Waals surface area contributed by atoms with Gasteiger partial charge in [0, 0.05) is 12.1 Å². The van der Waals surface area contributed by atoms with E-state index in [0.29, 0.717) is 6.42 Å². The van der Waals surface area contributed by atoms with Crippen LogP contribution in [0, 0.1) is 0 Å². The topological polar surface area (TPSA) is 29.1 Å². The number of aryl methyl sites for hydroxylation is 1. The first-order valence-corrected chi connectivity index (χ1v) is 7.14. The van der Waals surface area contributed by atoms with Crippen molar-refractivity contribution in [1.82, 2.24) is 0 Å². The second-order valence-electron chi connectivity index (χ2n) is 5.10. The Morgan fingerprint density at radius 2 is 1.52 bits per heavy atom. The lowest BCUT2D eigenvalue weighted by atomic mass is 10.1. The third-order valence-electron chi connectivity index (χ3n) is 3.52. The predicted octanol–water partition coefficient (Wildman–Crippen LogP) is 4.41. The largest absolute Gasteiger partial charge is 0.326 e. The molecule has 0 heterocycles. The third kappa shape index (κ3) is 3.48. The number of nitrogens with one attached hydrogen (secondary N) is 1. The fourth-order valence-corrected chi connectivity index (χ4v) is 2.39. The molecule has 0 aromatic heterocycles. The molecule has 3 aromatic rings. The third-order valence-corrected chi connectivity index (χ3v) is 3.52. The number of hydrogen-bond donors (Lipinski definition) is 1. The van der Waals surface area contributed by atoms with Crippen LogP contribution in [0.3, 0.4) is 0 Å². The number of fused-ring (bicyclic) bond motifs is 1. The summed E-state index contributed by atoms with van der Waals surface area (Å²) in [5.41, 5.74) is 2.04. The minimum Gasteiger partial charge on any atom is -0.326 e. The van der Waals surface area contributed by atoms with E-state index in [1.165, 1.54) is 10.9 Å². The lowest BCUT2D eigenvalue weighted by Gasteiger charge is -2.07. The molecular weight excluding hydrogens is 258 g/mol. The van der Waals surface area contributed by atoms with Crippen LogP contribution in [-0.4, -0.2) is 5.91 Å². The highest BCUT2D eigenvalue weighted by Crippen LogP contribution is 2.19. The Morgan fingerprint density at radius 3 is 2.33 bits per heavy atom. The van der Waals surface area contributed by atoms with E-state index in [1.807, 2.05) is 60.7 Å². The van der Waals surface area contributed by atoms with E-state index in [0.717, 1.165) is 17.5 Å². The SMILES string of the molecule is O=C(CCc1ccccc1)Nc1ccc2ccccc2c1. The van der Waals surface area contributed by atoms with Crippen LogP contribution < -0.4 is 5.32 Å². The fraction of sp³-hybridized carbons (Fsp3) is 0.105. The van der Waals surface area contributed by atoms with Crippen molar-refractivity contribution in [2.45, 2.75) is 12.8 Å². The minimum absolute atomic E-state index is 0.0501. The Labute approximate surface area is 124 Å². The van der Waals surface area contributed by atoms with Crippen LogP contribution in [0.15, 0.2) is 72.8 Å². The normalized spacial score (nSPS) is 10.5. The first-order chi connectivity index (χ1) is 10.3. The molecule has 0 aliphatic carbocycles. The monoisotopic (exact) mass is 275 g/mol. The van der Waals surface area contributed by atoms with E-state index in [9.17, 15) is 4.79 Å². The van der Waals surface area contributed by atoms with Crippen molar-refractivity contribution in [1.29, 1.82) is 0 Å². The molecule has 0 saturated carbocycles. The molecule has 2 heteroatoms. The highest BCUT2D eigenvalue weighted by molar-refractivity contribution is 5.94. The fourth-order valence-electron chi connectivity index (χ4n) is 2.39. The number of carbonyl (C=O) groups excluding carboxylic acids is 1. The highest BCUT2D eigenvalue weighted by atomic mass is 16.1. The summed E-state index contributed by atoms with van der Waals surface area (Å²) in [6.45, 7) is 0. The summed E-state index contributed by atoms with van der Waals surface area (Å²) >= 11 is 0. The van der Waals surface area contributed by atoms with Gasteiger partial charge in [0.05, 0.1) is 0 Å². The van der Waals surface area contributed by atoms with Gasteiger partial charge in [0.15, 0.2) is 0 Å². The van der Waals surface area contributed by atoms with E-state index in [2.05, 4.69) is 17.4 Å². The molecule has 0 unspecified atom stereocenters. The molecule has 0 radical (unpaired) electrons. The molecule has 0 spiro atoms. The second-order valence-corrected chi connectivity index (χ2v) is 5.10. The Hall–Kier alpha value is -2.61. The summed E-state index contributed by atoms with van der Waals surface area (Å²) in [4.78, 5) is 12.0. The highest BCUT2D eigenvalue weighted by Gasteiger charge is 2.03. The predicted molar refractivity (Wildman–Crippen MR) is 87.3 cm³/mol. The van der Waals surface area contributed by atoms with Crippen molar-refractivity contribution in [3.8, 4) is 0 Å².